The summed E-state index contributed by atoms with van der Waals surface area (Å²) in [6, 6.07) is 0. The molecule has 0 spiro atoms. The first kappa shape index (κ1) is 13.6. The quantitative estimate of drug-likeness (QED) is 0.683. The fourth-order valence-electron chi connectivity index (χ4n) is 0.823. The van der Waals surface area contributed by atoms with Gasteiger partial charge in [0.25, 0.3) is 0 Å². The van der Waals surface area contributed by atoms with Crippen LogP contribution >= 0.6 is 0 Å². The molecule has 1 atom stereocenters. The Morgan fingerprint density at radius 2 is 1.93 bits per heavy atom. The molecule has 0 aliphatic rings. The Morgan fingerprint density at radius 1 is 1.36 bits per heavy atom. The van der Waals surface area contributed by atoms with Crippen LogP contribution in [0.1, 0.15) is 27.2 Å². The summed E-state index contributed by atoms with van der Waals surface area (Å²) in [6.07, 6.45) is 0.198. The van der Waals surface area contributed by atoms with E-state index in [2.05, 4.69) is 0 Å². The van der Waals surface area contributed by atoms with Crippen LogP contribution in [-0.2, 0) is 20.3 Å². The number of ether oxygens (including phenoxy) is 1. The van der Waals surface area contributed by atoms with Crippen molar-refractivity contribution in [2.75, 3.05) is 18.1 Å². The van der Waals surface area contributed by atoms with Crippen LogP contribution in [0.4, 0.5) is 0 Å². The summed E-state index contributed by atoms with van der Waals surface area (Å²) in [5.41, 5.74) is 4.76. The lowest BCUT2D eigenvalue weighted by Gasteiger charge is -2.19. The topological polar surface area (TPSA) is 69.4 Å². The highest BCUT2D eigenvalue weighted by Crippen LogP contribution is 2.08. The van der Waals surface area contributed by atoms with E-state index in [0.29, 0.717) is 18.1 Å². The fourth-order valence-corrected chi connectivity index (χ4v) is 1.68. The van der Waals surface area contributed by atoms with E-state index >= 15 is 0 Å². The molecule has 14 heavy (non-hydrogen) atoms. The third-order valence-corrected chi connectivity index (χ3v) is 2.65. The largest absolute Gasteiger partial charge is 0.460 e. The summed E-state index contributed by atoms with van der Waals surface area (Å²) in [6.45, 7) is 5.81. The van der Waals surface area contributed by atoms with Gasteiger partial charge in [-0.25, -0.2) is 0 Å². The molecule has 0 saturated heterocycles. The normalized spacial score (nSPS) is 13.7. The molecule has 0 aliphatic carbocycles. The molecule has 1 unspecified atom stereocenters. The van der Waals surface area contributed by atoms with E-state index in [1.54, 1.807) is 0 Å². The lowest BCUT2D eigenvalue weighted by molar-refractivity contribution is -0.154. The summed E-state index contributed by atoms with van der Waals surface area (Å²) in [4.78, 5) is 11.2. The third-order valence-electron chi connectivity index (χ3n) is 1.30. The van der Waals surface area contributed by atoms with Crippen LogP contribution in [0.25, 0.3) is 0 Å². The van der Waals surface area contributed by atoms with Gasteiger partial charge in [-0.3, -0.25) is 9.00 Å². The Bertz CT molecular complexity index is 211. The molecule has 0 fully saturated rings. The van der Waals surface area contributed by atoms with Crippen LogP contribution in [0.2, 0.25) is 0 Å². The van der Waals surface area contributed by atoms with Crippen molar-refractivity contribution < 1.29 is 13.7 Å². The number of carbonyl (C=O) groups is 1. The lowest BCUT2D eigenvalue weighted by atomic mass is 10.2. The Kier molecular flexibility index (Phi) is 5.95. The first-order chi connectivity index (χ1) is 6.35. The van der Waals surface area contributed by atoms with Crippen LogP contribution in [0.5, 0.6) is 0 Å². The van der Waals surface area contributed by atoms with Crippen LogP contribution in [0, 0.1) is 0 Å². The van der Waals surface area contributed by atoms with Crippen molar-refractivity contribution in [3.8, 4) is 0 Å². The van der Waals surface area contributed by atoms with Crippen molar-refractivity contribution in [1.82, 2.24) is 0 Å². The van der Waals surface area contributed by atoms with Gasteiger partial charge in [-0.1, -0.05) is 0 Å². The van der Waals surface area contributed by atoms with Gasteiger partial charge in [0.2, 0.25) is 0 Å². The third kappa shape index (κ3) is 8.19. The molecule has 0 saturated carbocycles. The molecule has 0 amide bonds. The predicted molar refractivity (Wildman–Crippen MR) is 57.4 cm³/mol. The summed E-state index contributed by atoms with van der Waals surface area (Å²) in [5.74, 6) is 0.484. The first-order valence-corrected chi connectivity index (χ1v) is 6.11. The zero-order chi connectivity index (χ0) is 11.2. The van der Waals surface area contributed by atoms with Crippen LogP contribution in [-0.4, -0.2) is 33.8 Å². The van der Waals surface area contributed by atoms with Gasteiger partial charge in [-0.05, 0) is 20.8 Å². The summed E-state index contributed by atoms with van der Waals surface area (Å²) in [7, 11) is -0.995. The van der Waals surface area contributed by atoms with E-state index in [1.807, 2.05) is 20.8 Å². The Balaban J connectivity index is 3.70. The zero-order valence-corrected chi connectivity index (χ0v) is 9.86. The molecule has 0 heterocycles. The highest BCUT2D eigenvalue weighted by Gasteiger charge is 2.16. The summed E-state index contributed by atoms with van der Waals surface area (Å²) >= 11 is 0. The number of rotatable bonds is 5. The van der Waals surface area contributed by atoms with Crippen LogP contribution < -0.4 is 5.73 Å². The van der Waals surface area contributed by atoms with Gasteiger partial charge in [0, 0.05) is 28.9 Å². The summed E-state index contributed by atoms with van der Waals surface area (Å²) in [5, 5.41) is 0. The standard InChI is InChI=1S/C9H19NO3S/c1-9(2,3)13-8(11)4-6-14(12)7-5-10/h4-7,10H2,1-3H3. The van der Waals surface area contributed by atoms with Crippen molar-refractivity contribution in [1.29, 1.82) is 0 Å². The second-order valence-corrected chi connectivity index (χ2v) is 5.67. The van der Waals surface area contributed by atoms with E-state index in [1.165, 1.54) is 0 Å². The number of hydrogen-bond acceptors (Lipinski definition) is 4. The number of nitrogens with two attached hydrogens (primary N) is 1. The molecular formula is C9H19NO3S. The molecule has 5 heteroatoms. The molecule has 0 aliphatic heterocycles. The van der Waals surface area contributed by atoms with Gasteiger partial charge in [0.1, 0.15) is 5.60 Å². The maximum atomic E-state index is 11.2. The second-order valence-electron chi connectivity index (χ2n) is 3.97. The molecular weight excluding hydrogens is 202 g/mol. The smallest absolute Gasteiger partial charge is 0.307 e. The molecule has 0 aromatic heterocycles. The minimum atomic E-state index is -0.995. The first-order valence-electron chi connectivity index (χ1n) is 4.62. The zero-order valence-electron chi connectivity index (χ0n) is 9.04. The maximum Gasteiger partial charge on any atom is 0.307 e. The van der Waals surface area contributed by atoms with E-state index in [-0.39, 0.29) is 12.4 Å². The van der Waals surface area contributed by atoms with Gasteiger partial charge in [0.15, 0.2) is 0 Å². The fraction of sp³-hybridized carbons (Fsp3) is 0.889. The minimum absolute atomic E-state index is 0.198. The molecule has 0 rings (SSSR count). The van der Waals surface area contributed by atoms with Gasteiger partial charge in [-0.2, -0.15) is 0 Å². The van der Waals surface area contributed by atoms with Gasteiger partial charge >= 0.3 is 5.97 Å². The van der Waals surface area contributed by atoms with E-state index in [0.717, 1.165) is 0 Å². The van der Waals surface area contributed by atoms with Crippen molar-refractivity contribution in [3.63, 3.8) is 0 Å². The molecule has 0 aromatic rings. The highest BCUT2D eigenvalue weighted by atomic mass is 32.2. The monoisotopic (exact) mass is 221 g/mol. The minimum Gasteiger partial charge on any atom is -0.460 e. The molecule has 2 N–H and O–H groups in total. The number of hydrogen-bond donors (Lipinski definition) is 1. The van der Waals surface area contributed by atoms with Gasteiger partial charge in [-0.15, -0.1) is 0 Å². The number of esters is 1. The van der Waals surface area contributed by atoms with E-state index in [9.17, 15) is 9.00 Å². The maximum absolute atomic E-state index is 11.2. The summed E-state index contributed by atoms with van der Waals surface area (Å²) < 4.78 is 16.2. The highest BCUT2D eigenvalue weighted by molar-refractivity contribution is 7.85. The van der Waals surface area contributed by atoms with Crippen LogP contribution in [0.15, 0.2) is 0 Å². The molecule has 0 aromatic carbocycles. The Morgan fingerprint density at radius 3 is 2.36 bits per heavy atom. The predicted octanol–water partition coefficient (Wildman–Crippen LogP) is 0.426. The average Bonchev–Trinajstić information content (AvgIpc) is 1.98. The van der Waals surface area contributed by atoms with E-state index in [4.69, 9.17) is 10.5 Å². The van der Waals surface area contributed by atoms with Crippen molar-refractivity contribution in [2.45, 2.75) is 32.8 Å². The SMILES string of the molecule is CC(C)(C)OC(=O)CCS(=O)CCN. The van der Waals surface area contributed by atoms with Crippen molar-refractivity contribution >= 4 is 16.8 Å². The van der Waals surface area contributed by atoms with E-state index < -0.39 is 16.4 Å². The Labute approximate surface area is 87.6 Å². The van der Waals surface area contributed by atoms with Crippen molar-refractivity contribution in [3.05, 3.63) is 0 Å². The van der Waals surface area contributed by atoms with Crippen molar-refractivity contribution in [2.24, 2.45) is 5.73 Å². The number of carbonyl (C=O) groups excluding carboxylic acids is 1. The molecule has 0 bridgehead atoms. The molecule has 0 radical (unpaired) electrons. The lowest BCUT2D eigenvalue weighted by Crippen LogP contribution is -2.25. The average molecular weight is 221 g/mol. The van der Waals surface area contributed by atoms with Crippen LogP contribution in [0.3, 0.4) is 0 Å². The molecule has 4 nitrogen and oxygen atoms in total. The van der Waals surface area contributed by atoms with Gasteiger partial charge in [0.05, 0.1) is 6.42 Å². The molecule has 84 valence electrons. The van der Waals surface area contributed by atoms with Gasteiger partial charge < -0.3 is 10.5 Å². The second kappa shape index (κ2) is 6.14. The Hall–Kier alpha value is -0.420.